The standard InChI is InChI=1S/C13H18N2O4S/c1-19-11-5-3-2-4-10(11)15-12(16)6-7-20-8-9(14)13(17)18/h2-5,9H,6-8,14H2,1H3,(H,15,16)(H,17,18)/t9-/m1/s1. The number of hydrogen-bond donors (Lipinski definition) is 3. The molecule has 6 nitrogen and oxygen atoms in total. The Hall–Kier alpha value is -1.73. The highest BCUT2D eigenvalue weighted by molar-refractivity contribution is 7.99. The Morgan fingerprint density at radius 3 is 2.80 bits per heavy atom. The van der Waals surface area contributed by atoms with Gasteiger partial charge in [0.15, 0.2) is 0 Å². The fourth-order valence-electron chi connectivity index (χ4n) is 1.41. The van der Waals surface area contributed by atoms with Gasteiger partial charge >= 0.3 is 5.97 Å². The minimum Gasteiger partial charge on any atom is -0.495 e. The number of para-hydroxylation sites is 2. The van der Waals surface area contributed by atoms with Crippen LogP contribution in [-0.2, 0) is 9.59 Å². The van der Waals surface area contributed by atoms with E-state index in [1.54, 1.807) is 18.2 Å². The minimum absolute atomic E-state index is 0.147. The molecule has 0 aliphatic carbocycles. The van der Waals surface area contributed by atoms with Gasteiger partial charge in [-0.05, 0) is 12.1 Å². The lowest BCUT2D eigenvalue weighted by molar-refractivity contribution is -0.137. The summed E-state index contributed by atoms with van der Waals surface area (Å²) in [6.07, 6.45) is 0.287. The molecule has 7 heteroatoms. The highest BCUT2D eigenvalue weighted by Gasteiger charge is 2.11. The number of rotatable bonds is 8. The highest BCUT2D eigenvalue weighted by atomic mass is 32.2. The van der Waals surface area contributed by atoms with Crippen molar-refractivity contribution in [1.82, 2.24) is 0 Å². The van der Waals surface area contributed by atoms with Gasteiger partial charge in [0.2, 0.25) is 5.91 Å². The number of hydrogen-bond acceptors (Lipinski definition) is 5. The monoisotopic (exact) mass is 298 g/mol. The molecule has 0 bridgehead atoms. The molecule has 0 aliphatic rings. The van der Waals surface area contributed by atoms with Gasteiger partial charge in [-0.25, -0.2) is 0 Å². The Morgan fingerprint density at radius 2 is 2.15 bits per heavy atom. The predicted molar refractivity (Wildman–Crippen MR) is 79.2 cm³/mol. The molecule has 0 radical (unpaired) electrons. The van der Waals surface area contributed by atoms with Crippen LogP contribution in [0.3, 0.4) is 0 Å². The fourth-order valence-corrected chi connectivity index (χ4v) is 2.30. The Kier molecular flexibility index (Phi) is 6.89. The lowest BCUT2D eigenvalue weighted by atomic mass is 10.3. The Balaban J connectivity index is 2.32. The summed E-state index contributed by atoms with van der Waals surface area (Å²) in [5, 5.41) is 11.4. The number of carboxylic acid groups (broad SMARTS) is 1. The second-order valence-corrected chi connectivity index (χ2v) is 5.17. The molecule has 4 N–H and O–H groups in total. The zero-order valence-corrected chi connectivity index (χ0v) is 12.0. The van der Waals surface area contributed by atoms with Gasteiger partial charge in [0.1, 0.15) is 11.8 Å². The molecule has 0 aromatic heterocycles. The topological polar surface area (TPSA) is 102 Å². The van der Waals surface area contributed by atoms with Crippen LogP contribution in [0.15, 0.2) is 24.3 Å². The van der Waals surface area contributed by atoms with E-state index in [0.717, 1.165) is 0 Å². The number of aliphatic carboxylic acids is 1. The van der Waals surface area contributed by atoms with Crippen LogP contribution in [0.4, 0.5) is 5.69 Å². The third-order valence-corrected chi connectivity index (χ3v) is 3.56. The molecule has 0 heterocycles. The minimum atomic E-state index is -1.03. The van der Waals surface area contributed by atoms with E-state index in [-0.39, 0.29) is 18.1 Å². The number of carboxylic acids is 1. The second-order valence-electron chi connectivity index (χ2n) is 4.02. The van der Waals surface area contributed by atoms with Gasteiger partial charge < -0.3 is 20.9 Å². The number of anilines is 1. The summed E-state index contributed by atoms with van der Waals surface area (Å²) in [4.78, 5) is 22.2. The molecule has 0 unspecified atom stereocenters. The first-order valence-corrected chi connectivity index (χ1v) is 7.19. The molecule has 0 fully saturated rings. The molecule has 1 amide bonds. The predicted octanol–water partition coefficient (Wildman–Crippen LogP) is 1.17. The zero-order valence-electron chi connectivity index (χ0n) is 11.2. The van der Waals surface area contributed by atoms with Crippen molar-refractivity contribution in [2.75, 3.05) is 23.9 Å². The van der Waals surface area contributed by atoms with Crippen molar-refractivity contribution in [3.05, 3.63) is 24.3 Å². The summed E-state index contributed by atoms with van der Waals surface area (Å²) < 4.78 is 5.13. The lowest BCUT2D eigenvalue weighted by Crippen LogP contribution is -2.32. The summed E-state index contributed by atoms with van der Waals surface area (Å²) in [5.41, 5.74) is 5.98. The fraction of sp³-hybridized carbons (Fsp3) is 0.385. The van der Waals surface area contributed by atoms with Crippen molar-refractivity contribution < 1.29 is 19.4 Å². The Morgan fingerprint density at radius 1 is 1.45 bits per heavy atom. The van der Waals surface area contributed by atoms with E-state index in [1.807, 2.05) is 6.07 Å². The van der Waals surface area contributed by atoms with Crippen LogP contribution in [0, 0.1) is 0 Å². The number of nitrogens with two attached hydrogens (primary N) is 1. The molecule has 0 spiro atoms. The van der Waals surface area contributed by atoms with Gasteiger partial charge in [-0.15, -0.1) is 0 Å². The van der Waals surface area contributed by atoms with Gasteiger partial charge in [-0.3, -0.25) is 9.59 Å². The molecule has 0 saturated carbocycles. The molecule has 110 valence electrons. The average Bonchev–Trinajstić information content (AvgIpc) is 2.43. The summed E-state index contributed by atoms with van der Waals surface area (Å²) in [5.74, 6) is 0.224. The number of carbonyl (C=O) groups is 2. The van der Waals surface area contributed by atoms with Crippen molar-refractivity contribution in [2.45, 2.75) is 12.5 Å². The van der Waals surface area contributed by atoms with Crippen LogP contribution in [0.2, 0.25) is 0 Å². The molecular weight excluding hydrogens is 280 g/mol. The lowest BCUT2D eigenvalue weighted by Gasteiger charge is -2.10. The van der Waals surface area contributed by atoms with Gasteiger partial charge in [0, 0.05) is 17.9 Å². The third-order valence-electron chi connectivity index (χ3n) is 2.47. The summed E-state index contributed by atoms with van der Waals surface area (Å²) >= 11 is 1.34. The Labute approximate surface area is 121 Å². The van der Waals surface area contributed by atoms with Gasteiger partial charge in [-0.2, -0.15) is 11.8 Å². The first kappa shape index (κ1) is 16.3. The van der Waals surface area contributed by atoms with Crippen LogP contribution in [0.1, 0.15) is 6.42 Å². The molecule has 0 saturated heterocycles. The molecular formula is C13H18N2O4S. The second kappa shape index (κ2) is 8.44. The third kappa shape index (κ3) is 5.50. The van der Waals surface area contributed by atoms with Crippen LogP contribution in [0.25, 0.3) is 0 Å². The number of nitrogens with one attached hydrogen (secondary N) is 1. The van der Waals surface area contributed by atoms with Crippen LogP contribution in [-0.4, -0.2) is 41.6 Å². The van der Waals surface area contributed by atoms with Gasteiger partial charge in [0.25, 0.3) is 0 Å². The van der Waals surface area contributed by atoms with E-state index in [4.69, 9.17) is 15.6 Å². The van der Waals surface area contributed by atoms with Crippen LogP contribution >= 0.6 is 11.8 Å². The summed E-state index contributed by atoms with van der Waals surface area (Å²) in [6, 6.07) is 6.24. The molecule has 1 rings (SSSR count). The van der Waals surface area contributed by atoms with Crippen LogP contribution in [0.5, 0.6) is 5.75 Å². The number of amides is 1. The highest BCUT2D eigenvalue weighted by Crippen LogP contribution is 2.23. The normalized spacial score (nSPS) is 11.7. The maximum Gasteiger partial charge on any atom is 0.321 e. The van der Waals surface area contributed by atoms with Crippen molar-refractivity contribution in [3.8, 4) is 5.75 Å². The zero-order chi connectivity index (χ0) is 15.0. The van der Waals surface area contributed by atoms with E-state index in [0.29, 0.717) is 17.2 Å². The molecule has 1 atom stereocenters. The molecule has 1 aromatic rings. The van der Waals surface area contributed by atoms with Crippen molar-refractivity contribution in [3.63, 3.8) is 0 Å². The van der Waals surface area contributed by atoms with Gasteiger partial charge in [-0.1, -0.05) is 12.1 Å². The van der Waals surface area contributed by atoms with Crippen molar-refractivity contribution >= 4 is 29.3 Å². The number of carbonyl (C=O) groups excluding carboxylic acids is 1. The molecule has 1 aromatic carbocycles. The smallest absolute Gasteiger partial charge is 0.321 e. The summed E-state index contributed by atoms with van der Waals surface area (Å²) in [6.45, 7) is 0. The van der Waals surface area contributed by atoms with E-state index < -0.39 is 12.0 Å². The number of thioether (sulfide) groups is 1. The van der Waals surface area contributed by atoms with Crippen molar-refractivity contribution in [2.24, 2.45) is 5.73 Å². The van der Waals surface area contributed by atoms with E-state index in [1.165, 1.54) is 18.9 Å². The van der Waals surface area contributed by atoms with Crippen LogP contribution < -0.4 is 15.8 Å². The maximum absolute atomic E-state index is 11.7. The SMILES string of the molecule is COc1ccccc1NC(=O)CCSC[C@@H](N)C(=O)O. The van der Waals surface area contributed by atoms with E-state index in [9.17, 15) is 9.59 Å². The van der Waals surface area contributed by atoms with E-state index in [2.05, 4.69) is 5.32 Å². The number of methoxy groups -OCH3 is 1. The number of benzene rings is 1. The first-order chi connectivity index (χ1) is 9.54. The maximum atomic E-state index is 11.7. The quantitative estimate of drug-likeness (QED) is 0.623. The first-order valence-electron chi connectivity index (χ1n) is 6.03. The Bertz CT molecular complexity index is 467. The van der Waals surface area contributed by atoms with E-state index >= 15 is 0 Å². The average molecular weight is 298 g/mol. The largest absolute Gasteiger partial charge is 0.495 e. The van der Waals surface area contributed by atoms with Gasteiger partial charge in [0.05, 0.1) is 12.8 Å². The molecule has 20 heavy (non-hydrogen) atoms. The number of ether oxygens (including phenoxy) is 1. The summed E-state index contributed by atoms with van der Waals surface area (Å²) in [7, 11) is 1.54. The molecule has 0 aliphatic heterocycles. The van der Waals surface area contributed by atoms with Crippen molar-refractivity contribution in [1.29, 1.82) is 0 Å².